The monoisotopic (exact) mass is 325 g/mol. The molecule has 0 aliphatic carbocycles. The van der Waals surface area contributed by atoms with Crippen LogP contribution in [0.2, 0.25) is 0 Å². The lowest BCUT2D eigenvalue weighted by molar-refractivity contribution is -0.129. The van der Waals surface area contributed by atoms with Gasteiger partial charge in [-0.05, 0) is 36.4 Å². The number of carbonyl (C=O) groups excluding carboxylic acids is 1. The van der Waals surface area contributed by atoms with Gasteiger partial charge in [-0.3, -0.25) is 4.79 Å². The zero-order valence-electron chi connectivity index (χ0n) is 13.9. The largest absolute Gasteiger partial charge is 0.497 e. The molecule has 2 aromatic carbocycles. The topological polar surface area (TPSA) is 44.8 Å². The molecule has 126 valence electrons. The zero-order valence-corrected chi connectivity index (χ0v) is 13.9. The van der Waals surface area contributed by atoms with Gasteiger partial charge >= 0.3 is 0 Å². The number of benzene rings is 2. The molecule has 1 aliphatic heterocycles. The van der Waals surface area contributed by atoms with Gasteiger partial charge in [-0.15, -0.1) is 0 Å². The molecule has 1 fully saturated rings. The summed E-state index contributed by atoms with van der Waals surface area (Å²) in [7, 11) is 1.67. The van der Waals surface area contributed by atoms with Gasteiger partial charge in [0.1, 0.15) is 5.75 Å². The normalized spacial score (nSPS) is 14.4. The van der Waals surface area contributed by atoms with Crippen LogP contribution in [0.3, 0.4) is 0 Å². The number of carbonyl (C=O) groups is 1. The molecule has 5 nitrogen and oxygen atoms in total. The van der Waals surface area contributed by atoms with E-state index in [-0.39, 0.29) is 5.91 Å². The van der Waals surface area contributed by atoms with Gasteiger partial charge in [0.15, 0.2) is 0 Å². The predicted octanol–water partition coefficient (Wildman–Crippen LogP) is 2.46. The second-order valence-electron chi connectivity index (χ2n) is 5.79. The quantitative estimate of drug-likeness (QED) is 0.917. The lowest BCUT2D eigenvalue weighted by atomic mass is 10.2. The fourth-order valence-electron chi connectivity index (χ4n) is 2.85. The summed E-state index contributed by atoms with van der Waals surface area (Å²) in [6.07, 6.45) is 0. The van der Waals surface area contributed by atoms with Crippen molar-refractivity contribution in [3.63, 3.8) is 0 Å². The van der Waals surface area contributed by atoms with Crippen LogP contribution in [0.4, 0.5) is 11.4 Å². The number of para-hydroxylation sites is 1. The third-order valence-corrected chi connectivity index (χ3v) is 4.29. The molecule has 0 unspecified atom stereocenters. The maximum Gasteiger partial charge on any atom is 0.241 e. The third-order valence-electron chi connectivity index (χ3n) is 4.29. The Hall–Kier alpha value is -2.69. The van der Waals surface area contributed by atoms with Crippen LogP contribution in [0.5, 0.6) is 5.75 Å². The molecule has 2 aromatic rings. The van der Waals surface area contributed by atoms with Gasteiger partial charge in [0.2, 0.25) is 5.91 Å². The number of hydrogen-bond donors (Lipinski definition) is 1. The summed E-state index contributed by atoms with van der Waals surface area (Å²) < 4.78 is 5.19. The highest BCUT2D eigenvalue weighted by Crippen LogP contribution is 2.20. The smallest absolute Gasteiger partial charge is 0.241 e. The number of nitrogens with zero attached hydrogens (tertiary/aromatic N) is 2. The minimum absolute atomic E-state index is 0.147. The molecule has 5 heteroatoms. The molecule has 0 spiro atoms. The maximum atomic E-state index is 12.3. The Kier molecular flexibility index (Phi) is 5.21. The molecule has 0 aromatic heterocycles. The van der Waals surface area contributed by atoms with Crippen LogP contribution >= 0.6 is 0 Å². The van der Waals surface area contributed by atoms with Crippen LogP contribution < -0.4 is 15.0 Å². The average Bonchev–Trinajstić information content (AvgIpc) is 2.67. The van der Waals surface area contributed by atoms with Gasteiger partial charge in [-0.1, -0.05) is 18.2 Å². The molecule has 1 saturated heterocycles. The van der Waals surface area contributed by atoms with Crippen molar-refractivity contribution in [2.75, 3.05) is 50.1 Å². The molecule has 1 aliphatic rings. The number of amides is 1. The first-order valence-electron chi connectivity index (χ1n) is 8.22. The van der Waals surface area contributed by atoms with Crippen LogP contribution in [-0.2, 0) is 4.79 Å². The van der Waals surface area contributed by atoms with Crippen molar-refractivity contribution in [2.45, 2.75) is 0 Å². The Balaban J connectivity index is 1.48. The lowest BCUT2D eigenvalue weighted by Crippen LogP contribution is -2.50. The van der Waals surface area contributed by atoms with Crippen LogP contribution in [0, 0.1) is 0 Å². The zero-order chi connectivity index (χ0) is 16.8. The maximum absolute atomic E-state index is 12.3. The third kappa shape index (κ3) is 3.98. The van der Waals surface area contributed by atoms with Crippen LogP contribution in [0.15, 0.2) is 54.6 Å². The van der Waals surface area contributed by atoms with Gasteiger partial charge in [-0.25, -0.2) is 0 Å². The van der Waals surface area contributed by atoms with E-state index in [1.165, 1.54) is 5.69 Å². The van der Waals surface area contributed by atoms with Gasteiger partial charge < -0.3 is 19.9 Å². The molecule has 1 N–H and O–H groups in total. The summed E-state index contributed by atoms with van der Waals surface area (Å²) in [6.45, 7) is 3.54. The highest BCUT2D eigenvalue weighted by atomic mass is 16.5. The molecule has 0 bridgehead atoms. The van der Waals surface area contributed by atoms with Crippen LogP contribution in [0.25, 0.3) is 0 Å². The number of anilines is 2. The molecule has 0 saturated carbocycles. The van der Waals surface area contributed by atoms with Gasteiger partial charge in [-0.2, -0.15) is 0 Å². The first-order chi connectivity index (χ1) is 11.8. The van der Waals surface area contributed by atoms with E-state index in [1.54, 1.807) is 7.11 Å². The van der Waals surface area contributed by atoms with E-state index in [0.29, 0.717) is 6.54 Å². The van der Waals surface area contributed by atoms with E-state index in [4.69, 9.17) is 4.74 Å². The van der Waals surface area contributed by atoms with Crippen molar-refractivity contribution >= 4 is 17.3 Å². The number of piperazine rings is 1. The van der Waals surface area contributed by atoms with Crippen molar-refractivity contribution < 1.29 is 9.53 Å². The number of methoxy groups -OCH3 is 1. The summed E-state index contributed by atoms with van der Waals surface area (Å²) in [5, 5.41) is 3.18. The Bertz CT molecular complexity index is 650. The van der Waals surface area contributed by atoms with E-state index in [1.807, 2.05) is 47.4 Å². The highest BCUT2D eigenvalue weighted by molar-refractivity contribution is 5.81. The van der Waals surface area contributed by atoms with E-state index >= 15 is 0 Å². The molecule has 0 radical (unpaired) electrons. The first-order valence-corrected chi connectivity index (χ1v) is 8.22. The van der Waals surface area contributed by atoms with Crippen LogP contribution in [0.1, 0.15) is 0 Å². The second-order valence-corrected chi connectivity index (χ2v) is 5.79. The molecule has 3 rings (SSSR count). The number of hydrogen-bond acceptors (Lipinski definition) is 4. The molecule has 1 amide bonds. The summed E-state index contributed by atoms with van der Waals surface area (Å²) in [5.74, 6) is 1.01. The molecule has 1 heterocycles. The second kappa shape index (κ2) is 7.73. The molecular weight excluding hydrogens is 302 g/mol. The fraction of sp³-hybridized carbons (Fsp3) is 0.316. The van der Waals surface area contributed by atoms with Crippen molar-refractivity contribution in [3.8, 4) is 5.75 Å². The average molecular weight is 325 g/mol. The first kappa shape index (κ1) is 16.2. The Morgan fingerprint density at radius 2 is 1.67 bits per heavy atom. The minimum Gasteiger partial charge on any atom is -0.497 e. The van der Waals surface area contributed by atoms with Gasteiger partial charge in [0, 0.05) is 37.6 Å². The Morgan fingerprint density at radius 3 is 2.29 bits per heavy atom. The highest BCUT2D eigenvalue weighted by Gasteiger charge is 2.21. The fourth-order valence-corrected chi connectivity index (χ4v) is 2.85. The Labute approximate surface area is 142 Å². The number of ether oxygens (including phenoxy) is 1. The molecular formula is C19H23N3O2. The lowest BCUT2D eigenvalue weighted by Gasteiger charge is -2.36. The number of nitrogens with one attached hydrogen (secondary N) is 1. The minimum atomic E-state index is 0.147. The van der Waals surface area contributed by atoms with E-state index < -0.39 is 0 Å². The summed E-state index contributed by atoms with van der Waals surface area (Å²) in [6, 6.07) is 17.9. The van der Waals surface area contributed by atoms with E-state index in [2.05, 4.69) is 22.3 Å². The van der Waals surface area contributed by atoms with Crippen molar-refractivity contribution in [3.05, 3.63) is 54.6 Å². The molecule has 0 atom stereocenters. The van der Waals surface area contributed by atoms with Gasteiger partial charge in [0.05, 0.1) is 13.7 Å². The number of rotatable bonds is 5. The van der Waals surface area contributed by atoms with Crippen molar-refractivity contribution in [1.29, 1.82) is 0 Å². The van der Waals surface area contributed by atoms with Crippen LogP contribution in [-0.4, -0.2) is 50.6 Å². The standard InChI is InChI=1S/C19H23N3O2/c1-24-18-9-7-17(8-10-18)21-11-13-22(14-12-21)19(23)15-20-16-5-3-2-4-6-16/h2-10,20H,11-15H2,1H3. The summed E-state index contributed by atoms with van der Waals surface area (Å²) >= 11 is 0. The van der Waals surface area contributed by atoms with Crippen molar-refractivity contribution in [1.82, 2.24) is 4.90 Å². The summed E-state index contributed by atoms with van der Waals surface area (Å²) in [4.78, 5) is 16.6. The molecule has 24 heavy (non-hydrogen) atoms. The van der Waals surface area contributed by atoms with E-state index in [9.17, 15) is 4.79 Å². The van der Waals surface area contributed by atoms with Gasteiger partial charge in [0.25, 0.3) is 0 Å². The predicted molar refractivity (Wildman–Crippen MR) is 96.7 cm³/mol. The summed E-state index contributed by atoms with van der Waals surface area (Å²) in [5.41, 5.74) is 2.15. The van der Waals surface area contributed by atoms with E-state index in [0.717, 1.165) is 37.6 Å². The SMILES string of the molecule is COc1ccc(N2CCN(C(=O)CNc3ccccc3)CC2)cc1. The Morgan fingerprint density at radius 1 is 1.00 bits per heavy atom. The van der Waals surface area contributed by atoms with Crippen molar-refractivity contribution in [2.24, 2.45) is 0 Å².